The Morgan fingerprint density at radius 3 is 3.07 bits per heavy atom. The summed E-state index contributed by atoms with van der Waals surface area (Å²) >= 11 is 0. The quantitative estimate of drug-likeness (QED) is 0.763. The van der Waals surface area contributed by atoms with Crippen molar-refractivity contribution in [3.05, 3.63) is 29.6 Å². The topological polar surface area (TPSA) is 62.7 Å². The van der Waals surface area contributed by atoms with Crippen molar-refractivity contribution in [3.63, 3.8) is 0 Å². The first kappa shape index (κ1) is 9.92. The molecule has 1 aliphatic rings. The van der Waals surface area contributed by atoms with Crippen LogP contribution in [-0.2, 0) is 4.84 Å². The van der Waals surface area contributed by atoms with Crippen LogP contribution in [0, 0.1) is 6.92 Å². The molecule has 15 heavy (non-hydrogen) atoms. The molecule has 1 saturated heterocycles. The summed E-state index contributed by atoms with van der Waals surface area (Å²) in [6, 6.07) is 3.53. The Balaban J connectivity index is 2.22. The number of nitrogens with zero attached hydrogens (tertiary/aromatic N) is 2. The lowest BCUT2D eigenvalue weighted by molar-refractivity contribution is -0.104. The monoisotopic (exact) mass is 208 g/mol. The minimum atomic E-state index is -1.06. The summed E-state index contributed by atoms with van der Waals surface area (Å²) in [5.41, 5.74) is 1.79. The minimum Gasteiger partial charge on any atom is -0.463 e. The number of hydroxylamine groups is 2. The molecule has 80 valence electrons. The summed E-state index contributed by atoms with van der Waals surface area (Å²) < 4.78 is 0. The van der Waals surface area contributed by atoms with Gasteiger partial charge in [0, 0.05) is 18.3 Å². The fraction of sp³-hybridized carbons (Fsp3) is 0.400. The molecule has 1 unspecified atom stereocenters. The molecular weight excluding hydrogens is 196 g/mol. The third-order valence-corrected chi connectivity index (χ3v) is 2.41. The van der Waals surface area contributed by atoms with E-state index in [0.29, 0.717) is 13.0 Å². The average molecular weight is 208 g/mol. The van der Waals surface area contributed by atoms with E-state index in [9.17, 15) is 4.79 Å². The van der Waals surface area contributed by atoms with Gasteiger partial charge in [-0.05, 0) is 18.6 Å². The maximum atomic E-state index is 10.8. The number of carboxylic acid groups (broad SMARTS) is 1. The average Bonchev–Trinajstić information content (AvgIpc) is 2.67. The van der Waals surface area contributed by atoms with Crippen LogP contribution in [0.25, 0.3) is 0 Å². The number of hydrogen-bond acceptors (Lipinski definition) is 3. The second-order valence-electron chi connectivity index (χ2n) is 3.48. The second-order valence-corrected chi connectivity index (χ2v) is 3.48. The van der Waals surface area contributed by atoms with Crippen molar-refractivity contribution in [2.45, 2.75) is 19.4 Å². The smallest absolute Gasteiger partial charge is 0.432 e. The Bertz CT molecular complexity index is 363. The summed E-state index contributed by atoms with van der Waals surface area (Å²) in [4.78, 5) is 20.0. The molecule has 0 bridgehead atoms. The van der Waals surface area contributed by atoms with E-state index in [2.05, 4.69) is 4.98 Å². The van der Waals surface area contributed by atoms with Gasteiger partial charge in [0.05, 0.1) is 12.6 Å². The van der Waals surface area contributed by atoms with E-state index in [-0.39, 0.29) is 6.04 Å². The molecule has 1 fully saturated rings. The van der Waals surface area contributed by atoms with E-state index in [1.54, 1.807) is 6.20 Å². The highest BCUT2D eigenvalue weighted by Gasteiger charge is 2.31. The largest absolute Gasteiger partial charge is 0.463 e. The van der Waals surface area contributed by atoms with Gasteiger partial charge in [-0.3, -0.25) is 9.82 Å². The fourth-order valence-electron chi connectivity index (χ4n) is 1.64. The molecule has 5 heteroatoms. The summed E-state index contributed by atoms with van der Waals surface area (Å²) in [6.07, 6.45) is 1.32. The number of aryl methyl sites for hydroxylation is 1. The van der Waals surface area contributed by atoms with E-state index in [1.807, 2.05) is 19.1 Å². The van der Waals surface area contributed by atoms with Crippen molar-refractivity contribution >= 4 is 6.09 Å². The zero-order valence-corrected chi connectivity index (χ0v) is 8.38. The van der Waals surface area contributed by atoms with Gasteiger partial charge < -0.3 is 5.11 Å². The summed E-state index contributed by atoms with van der Waals surface area (Å²) in [5.74, 6) is 0. The number of amides is 1. The van der Waals surface area contributed by atoms with Crippen LogP contribution in [-0.4, -0.2) is 27.9 Å². The molecule has 1 aromatic heterocycles. The molecule has 1 aromatic rings. The summed E-state index contributed by atoms with van der Waals surface area (Å²) in [5, 5.41) is 9.87. The van der Waals surface area contributed by atoms with Gasteiger partial charge in [0.25, 0.3) is 0 Å². The number of pyridine rings is 1. The predicted molar refractivity (Wildman–Crippen MR) is 52.1 cm³/mol. The fourth-order valence-corrected chi connectivity index (χ4v) is 1.64. The lowest BCUT2D eigenvalue weighted by Crippen LogP contribution is -2.27. The van der Waals surface area contributed by atoms with Gasteiger partial charge >= 0.3 is 6.09 Å². The van der Waals surface area contributed by atoms with Crippen molar-refractivity contribution in [2.24, 2.45) is 0 Å². The summed E-state index contributed by atoms with van der Waals surface area (Å²) in [7, 11) is 0. The maximum Gasteiger partial charge on any atom is 0.432 e. The zero-order chi connectivity index (χ0) is 10.8. The van der Waals surface area contributed by atoms with E-state index in [1.165, 1.54) is 0 Å². The van der Waals surface area contributed by atoms with Crippen molar-refractivity contribution in [2.75, 3.05) is 6.61 Å². The van der Waals surface area contributed by atoms with Crippen molar-refractivity contribution in [3.8, 4) is 0 Å². The number of carbonyl (C=O) groups is 1. The molecule has 0 radical (unpaired) electrons. The highest BCUT2D eigenvalue weighted by atomic mass is 16.7. The first-order valence-electron chi connectivity index (χ1n) is 4.76. The van der Waals surface area contributed by atoms with Crippen LogP contribution in [0.1, 0.15) is 23.7 Å². The van der Waals surface area contributed by atoms with Gasteiger partial charge in [-0.1, -0.05) is 6.07 Å². The molecular formula is C10H12N2O3. The highest BCUT2D eigenvalue weighted by Crippen LogP contribution is 2.29. The number of rotatable bonds is 1. The van der Waals surface area contributed by atoms with Gasteiger partial charge in [0.2, 0.25) is 0 Å². The van der Waals surface area contributed by atoms with Crippen molar-refractivity contribution in [1.29, 1.82) is 0 Å². The molecule has 0 aromatic carbocycles. The van der Waals surface area contributed by atoms with Crippen LogP contribution in [0.5, 0.6) is 0 Å². The van der Waals surface area contributed by atoms with E-state index in [4.69, 9.17) is 9.94 Å². The Morgan fingerprint density at radius 1 is 1.67 bits per heavy atom. The minimum absolute atomic E-state index is 0.226. The Morgan fingerprint density at radius 2 is 2.47 bits per heavy atom. The normalized spacial score (nSPS) is 20.6. The van der Waals surface area contributed by atoms with Gasteiger partial charge in [-0.15, -0.1) is 0 Å². The molecule has 0 saturated carbocycles. The first-order chi connectivity index (χ1) is 7.18. The van der Waals surface area contributed by atoms with Crippen molar-refractivity contribution in [1.82, 2.24) is 10.0 Å². The van der Waals surface area contributed by atoms with Gasteiger partial charge in [0.15, 0.2) is 0 Å². The lowest BCUT2D eigenvalue weighted by atomic mass is 10.1. The molecule has 2 rings (SSSR count). The number of hydrogen-bond donors (Lipinski definition) is 1. The van der Waals surface area contributed by atoms with E-state index >= 15 is 0 Å². The highest BCUT2D eigenvalue weighted by molar-refractivity contribution is 5.64. The number of aromatic nitrogens is 1. The van der Waals surface area contributed by atoms with Crippen LogP contribution >= 0.6 is 0 Å². The third kappa shape index (κ3) is 1.92. The van der Waals surface area contributed by atoms with Crippen LogP contribution < -0.4 is 0 Å². The zero-order valence-electron chi connectivity index (χ0n) is 8.38. The first-order valence-corrected chi connectivity index (χ1v) is 4.76. The maximum absolute atomic E-state index is 10.8. The van der Waals surface area contributed by atoms with E-state index < -0.39 is 6.09 Å². The van der Waals surface area contributed by atoms with Crippen molar-refractivity contribution < 1.29 is 14.7 Å². The van der Waals surface area contributed by atoms with Crippen LogP contribution in [0.4, 0.5) is 4.79 Å². The molecule has 5 nitrogen and oxygen atoms in total. The standard InChI is InChI=1S/C10H12N2O3/c1-7-2-3-8(6-11-7)9-4-5-15-12(9)10(13)14/h2-3,6,9H,4-5H2,1H3,(H,13,14). The van der Waals surface area contributed by atoms with Gasteiger partial charge in [0.1, 0.15) is 0 Å². The molecule has 1 atom stereocenters. The molecule has 1 amide bonds. The Labute approximate surface area is 87.3 Å². The van der Waals surface area contributed by atoms with E-state index in [0.717, 1.165) is 16.3 Å². The predicted octanol–water partition coefficient (Wildman–Crippen LogP) is 1.75. The Hall–Kier alpha value is -1.62. The van der Waals surface area contributed by atoms with Gasteiger partial charge in [-0.2, -0.15) is 5.06 Å². The molecule has 0 spiro atoms. The van der Waals surface area contributed by atoms with Crippen LogP contribution in [0.15, 0.2) is 18.3 Å². The molecule has 1 N–H and O–H groups in total. The van der Waals surface area contributed by atoms with Crippen LogP contribution in [0.3, 0.4) is 0 Å². The lowest BCUT2D eigenvalue weighted by Gasteiger charge is -2.18. The molecule has 1 aliphatic heterocycles. The van der Waals surface area contributed by atoms with Crippen LogP contribution in [0.2, 0.25) is 0 Å². The second kappa shape index (κ2) is 3.86. The SMILES string of the molecule is Cc1ccc(C2CCON2C(=O)O)cn1. The third-order valence-electron chi connectivity index (χ3n) is 2.41. The van der Waals surface area contributed by atoms with Gasteiger partial charge in [-0.25, -0.2) is 4.79 Å². The molecule has 0 aliphatic carbocycles. The molecule has 2 heterocycles. The Kier molecular flexibility index (Phi) is 2.55. The summed E-state index contributed by atoms with van der Waals surface area (Å²) in [6.45, 7) is 2.33.